The molecule has 16 heavy (non-hydrogen) atoms. The molecule has 1 aromatic rings. The number of hydrogen-bond acceptors (Lipinski definition) is 2. The molecule has 1 aromatic carbocycles. The Morgan fingerprint density at radius 1 is 1.38 bits per heavy atom. The van der Waals surface area contributed by atoms with Crippen LogP contribution in [0.25, 0.3) is 0 Å². The van der Waals surface area contributed by atoms with Crippen molar-refractivity contribution in [2.24, 2.45) is 0 Å². The Kier molecular flexibility index (Phi) is 4.90. The van der Waals surface area contributed by atoms with E-state index >= 15 is 0 Å². The fraction of sp³-hybridized carbons (Fsp3) is 0.364. The molecule has 0 heterocycles. The summed E-state index contributed by atoms with van der Waals surface area (Å²) in [6.45, 7) is 1.93. The molecule has 0 aliphatic heterocycles. The third-order valence-corrected chi connectivity index (χ3v) is 2.60. The molecule has 0 N–H and O–H groups in total. The van der Waals surface area contributed by atoms with Crippen molar-refractivity contribution in [3.8, 4) is 0 Å². The van der Waals surface area contributed by atoms with Gasteiger partial charge in [-0.25, -0.2) is 0 Å². The molecule has 0 fully saturated rings. The van der Waals surface area contributed by atoms with Gasteiger partial charge in [-0.1, -0.05) is 59.9 Å². The van der Waals surface area contributed by atoms with Crippen LogP contribution >= 0.6 is 34.8 Å². The number of carbonyl (C=O) groups is 1. The van der Waals surface area contributed by atoms with Gasteiger partial charge >= 0.3 is 5.97 Å². The van der Waals surface area contributed by atoms with Crippen LogP contribution in [0, 0.1) is 0 Å². The monoisotopic (exact) mass is 280 g/mol. The summed E-state index contributed by atoms with van der Waals surface area (Å²) >= 11 is 17.2. The lowest BCUT2D eigenvalue weighted by atomic mass is 10.1. The van der Waals surface area contributed by atoms with E-state index in [-0.39, 0.29) is 12.6 Å². The maximum Gasteiger partial charge on any atom is 0.305 e. The molecular weight excluding hydrogens is 270 g/mol. The molecule has 0 saturated carbocycles. The smallest absolute Gasteiger partial charge is 0.305 e. The lowest BCUT2D eigenvalue weighted by Crippen LogP contribution is -2.04. The fourth-order valence-electron chi connectivity index (χ4n) is 1.10. The third-order valence-electron chi connectivity index (χ3n) is 1.94. The Balaban J connectivity index is 2.72. The standard InChI is InChI=1S/C11H11Cl3O2/c1-2-10(15)16-7-8-4-3-5-9(6-8)11(12,13)14/h3-6H,2,7H2,1H3. The molecule has 0 aromatic heterocycles. The molecule has 0 bridgehead atoms. The van der Waals surface area contributed by atoms with E-state index in [1.807, 2.05) is 6.07 Å². The van der Waals surface area contributed by atoms with Crippen LogP contribution in [-0.2, 0) is 19.9 Å². The summed E-state index contributed by atoms with van der Waals surface area (Å²) in [7, 11) is 0. The van der Waals surface area contributed by atoms with Crippen molar-refractivity contribution in [3.63, 3.8) is 0 Å². The molecule has 0 radical (unpaired) electrons. The number of carbonyl (C=O) groups excluding carboxylic acids is 1. The summed E-state index contributed by atoms with van der Waals surface area (Å²) in [5.41, 5.74) is 1.35. The number of halogens is 3. The molecule has 0 saturated heterocycles. The van der Waals surface area contributed by atoms with Crippen LogP contribution in [0.1, 0.15) is 24.5 Å². The highest BCUT2D eigenvalue weighted by atomic mass is 35.6. The van der Waals surface area contributed by atoms with Gasteiger partial charge < -0.3 is 4.74 Å². The lowest BCUT2D eigenvalue weighted by molar-refractivity contribution is -0.144. The van der Waals surface area contributed by atoms with Crippen LogP contribution in [0.15, 0.2) is 24.3 Å². The summed E-state index contributed by atoms with van der Waals surface area (Å²) in [6, 6.07) is 6.98. The van der Waals surface area contributed by atoms with Crippen LogP contribution in [0.5, 0.6) is 0 Å². The zero-order chi connectivity index (χ0) is 12.2. The van der Waals surface area contributed by atoms with Crippen LogP contribution in [-0.4, -0.2) is 5.97 Å². The van der Waals surface area contributed by atoms with Gasteiger partial charge in [0.25, 0.3) is 0 Å². The summed E-state index contributed by atoms with van der Waals surface area (Å²) in [5, 5.41) is 0. The second kappa shape index (κ2) is 5.76. The number of alkyl halides is 3. The zero-order valence-electron chi connectivity index (χ0n) is 8.67. The summed E-state index contributed by atoms with van der Waals surface area (Å²) in [6.07, 6.45) is 0.351. The molecule has 0 atom stereocenters. The highest BCUT2D eigenvalue weighted by Crippen LogP contribution is 2.38. The van der Waals surface area contributed by atoms with E-state index < -0.39 is 3.79 Å². The predicted octanol–water partition coefficient (Wildman–Crippen LogP) is 3.97. The minimum absolute atomic E-state index is 0.196. The zero-order valence-corrected chi connectivity index (χ0v) is 10.9. The van der Waals surface area contributed by atoms with Crippen LogP contribution in [0.4, 0.5) is 0 Å². The molecule has 5 heteroatoms. The summed E-state index contributed by atoms with van der Waals surface area (Å²) in [4.78, 5) is 11.0. The third kappa shape index (κ3) is 4.20. The normalized spacial score (nSPS) is 11.2. The Bertz CT molecular complexity index is 372. The largest absolute Gasteiger partial charge is 0.461 e. The SMILES string of the molecule is CCC(=O)OCc1cccc(C(Cl)(Cl)Cl)c1. The second-order valence-corrected chi connectivity index (χ2v) is 5.49. The minimum Gasteiger partial charge on any atom is -0.461 e. The molecule has 0 aliphatic rings. The highest BCUT2D eigenvalue weighted by Gasteiger charge is 2.22. The van der Waals surface area contributed by atoms with Crippen molar-refractivity contribution in [2.45, 2.75) is 23.7 Å². The lowest BCUT2D eigenvalue weighted by Gasteiger charge is -2.12. The fourth-order valence-corrected chi connectivity index (χ4v) is 1.46. The van der Waals surface area contributed by atoms with Crippen molar-refractivity contribution in [1.82, 2.24) is 0 Å². The van der Waals surface area contributed by atoms with E-state index in [4.69, 9.17) is 39.5 Å². The predicted molar refractivity (Wildman–Crippen MR) is 65.8 cm³/mol. The number of rotatable bonds is 3. The van der Waals surface area contributed by atoms with Crippen molar-refractivity contribution >= 4 is 40.8 Å². The van der Waals surface area contributed by atoms with Gasteiger partial charge in [-0.3, -0.25) is 4.79 Å². The number of hydrogen-bond donors (Lipinski definition) is 0. The van der Waals surface area contributed by atoms with Gasteiger partial charge in [0.2, 0.25) is 3.79 Å². The Morgan fingerprint density at radius 3 is 2.62 bits per heavy atom. The molecule has 1 rings (SSSR count). The van der Waals surface area contributed by atoms with Gasteiger partial charge in [0.15, 0.2) is 0 Å². The van der Waals surface area contributed by atoms with E-state index in [1.165, 1.54) is 0 Å². The van der Waals surface area contributed by atoms with Crippen LogP contribution in [0.3, 0.4) is 0 Å². The van der Waals surface area contributed by atoms with E-state index in [2.05, 4.69) is 0 Å². The van der Waals surface area contributed by atoms with Gasteiger partial charge in [0, 0.05) is 12.0 Å². The van der Waals surface area contributed by atoms with Gasteiger partial charge in [0.1, 0.15) is 6.61 Å². The first-order valence-electron chi connectivity index (χ1n) is 4.75. The van der Waals surface area contributed by atoms with Crippen molar-refractivity contribution < 1.29 is 9.53 Å². The quantitative estimate of drug-likeness (QED) is 0.619. The molecule has 0 unspecified atom stereocenters. The number of esters is 1. The van der Waals surface area contributed by atoms with Gasteiger partial charge in [-0.2, -0.15) is 0 Å². The van der Waals surface area contributed by atoms with E-state index in [0.717, 1.165) is 5.56 Å². The maximum absolute atomic E-state index is 11.0. The van der Waals surface area contributed by atoms with Crippen molar-refractivity contribution in [2.75, 3.05) is 0 Å². The van der Waals surface area contributed by atoms with Gasteiger partial charge in [0.05, 0.1) is 0 Å². The van der Waals surface area contributed by atoms with Gasteiger partial charge in [-0.05, 0) is 11.6 Å². The molecule has 2 nitrogen and oxygen atoms in total. The maximum atomic E-state index is 11.0. The Hall–Kier alpha value is -0.440. The van der Waals surface area contributed by atoms with Gasteiger partial charge in [-0.15, -0.1) is 0 Å². The Labute approximate surface area is 109 Å². The van der Waals surface area contributed by atoms with E-state index in [0.29, 0.717) is 12.0 Å². The summed E-state index contributed by atoms with van der Waals surface area (Å²) in [5.74, 6) is -0.251. The number of ether oxygens (including phenoxy) is 1. The topological polar surface area (TPSA) is 26.3 Å². The van der Waals surface area contributed by atoms with E-state index in [9.17, 15) is 4.79 Å². The molecule has 0 amide bonds. The average Bonchev–Trinajstić information content (AvgIpc) is 2.25. The van der Waals surface area contributed by atoms with Crippen LogP contribution in [0.2, 0.25) is 0 Å². The molecular formula is C11H11Cl3O2. The van der Waals surface area contributed by atoms with Crippen molar-refractivity contribution in [1.29, 1.82) is 0 Å². The minimum atomic E-state index is -1.45. The number of benzene rings is 1. The first kappa shape index (κ1) is 13.6. The molecule has 0 spiro atoms. The van der Waals surface area contributed by atoms with Crippen LogP contribution < -0.4 is 0 Å². The summed E-state index contributed by atoms with van der Waals surface area (Å²) < 4.78 is 3.52. The molecule has 88 valence electrons. The van der Waals surface area contributed by atoms with E-state index in [1.54, 1.807) is 25.1 Å². The first-order valence-corrected chi connectivity index (χ1v) is 5.88. The Morgan fingerprint density at radius 2 is 2.06 bits per heavy atom. The first-order chi connectivity index (χ1) is 7.43. The molecule has 0 aliphatic carbocycles. The highest BCUT2D eigenvalue weighted by molar-refractivity contribution is 6.66. The van der Waals surface area contributed by atoms with Crippen molar-refractivity contribution in [3.05, 3.63) is 35.4 Å². The average molecular weight is 282 g/mol. The second-order valence-electron chi connectivity index (χ2n) is 3.21.